The van der Waals surface area contributed by atoms with Crippen molar-refractivity contribution in [3.63, 3.8) is 0 Å². The van der Waals surface area contributed by atoms with E-state index in [0.29, 0.717) is 23.4 Å². The van der Waals surface area contributed by atoms with Crippen molar-refractivity contribution in [3.05, 3.63) is 112 Å². The predicted octanol–water partition coefficient (Wildman–Crippen LogP) is 6.36. The lowest BCUT2D eigenvalue weighted by Gasteiger charge is -2.37. The Hall–Kier alpha value is -3.84. The second-order valence-electron chi connectivity index (χ2n) is 8.73. The summed E-state index contributed by atoms with van der Waals surface area (Å²) in [6.45, 7) is 6.68. The van der Waals surface area contributed by atoms with E-state index >= 15 is 0 Å². The standard InChI is InChI=1S/C28H25FN4OS/c1-17-9-12-22(15-18(17)2)25-24(27-31-26(32-34-27)21-7-5-4-6-8-21)19(3)33(28(35)30-25)16-20-10-13-23(29)14-11-20/h4-15,25H,16H2,1-3H3,(H,30,35). The zero-order valence-corrected chi connectivity index (χ0v) is 20.6. The van der Waals surface area contributed by atoms with Crippen molar-refractivity contribution in [2.45, 2.75) is 33.4 Å². The van der Waals surface area contributed by atoms with Crippen LogP contribution in [0.4, 0.5) is 4.39 Å². The molecule has 5 nitrogen and oxygen atoms in total. The zero-order valence-electron chi connectivity index (χ0n) is 19.7. The Labute approximate surface area is 209 Å². The fourth-order valence-electron chi connectivity index (χ4n) is 4.25. The van der Waals surface area contributed by atoms with Crippen LogP contribution in [0.25, 0.3) is 17.0 Å². The molecule has 1 unspecified atom stereocenters. The van der Waals surface area contributed by atoms with E-state index < -0.39 is 0 Å². The summed E-state index contributed by atoms with van der Waals surface area (Å²) in [6, 6.07) is 22.3. The molecule has 3 aromatic carbocycles. The summed E-state index contributed by atoms with van der Waals surface area (Å²) in [6.07, 6.45) is 0. The van der Waals surface area contributed by atoms with Gasteiger partial charge in [0.2, 0.25) is 5.82 Å². The number of allylic oxidation sites excluding steroid dienone is 1. The van der Waals surface area contributed by atoms with Crippen molar-refractivity contribution in [2.75, 3.05) is 0 Å². The summed E-state index contributed by atoms with van der Waals surface area (Å²) in [5.74, 6) is 0.691. The molecule has 1 aromatic heterocycles. The lowest BCUT2D eigenvalue weighted by molar-refractivity contribution is 0.396. The molecule has 5 rings (SSSR count). The average molecular weight is 485 g/mol. The Kier molecular flexibility index (Phi) is 6.17. The summed E-state index contributed by atoms with van der Waals surface area (Å²) >= 11 is 5.79. The molecule has 0 amide bonds. The molecule has 2 heterocycles. The van der Waals surface area contributed by atoms with Crippen LogP contribution in [0.1, 0.15) is 41.1 Å². The zero-order chi connectivity index (χ0) is 24.5. The number of hydrogen-bond acceptors (Lipinski definition) is 4. The molecular weight excluding hydrogens is 459 g/mol. The molecule has 0 aliphatic carbocycles. The Morgan fingerprint density at radius 1 is 0.971 bits per heavy atom. The van der Waals surface area contributed by atoms with Gasteiger partial charge in [0.25, 0.3) is 5.89 Å². The first-order valence-corrected chi connectivity index (χ1v) is 11.8. The lowest BCUT2D eigenvalue weighted by atomic mass is 9.92. The van der Waals surface area contributed by atoms with Gasteiger partial charge in [-0.2, -0.15) is 4.98 Å². The highest BCUT2D eigenvalue weighted by atomic mass is 32.1. The van der Waals surface area contributed by atoms with E-state index in [1.807, 2.05) is 42.2 Å². The first kappa shape index (κ1) is 22.9. The number of hydrogen-bond donors (Lipinski definition) is 1. The summed E-state index contributed by atoms with van der Waals surface area (Å²) in [5, 5.41) is 8.32. The number of thiocarbonyl (C=S) groups is 1. The van der Waals surface area contributed by atoms with E-state index in [0.717, 1.165) is 28.0 Å². The molecule has 0 spiro atoms. The van der Waals surface area contributed by atoms with Crippen LogP contribution in [0, 0.1) is 19.7 Å². The minimum absolute atomic E-state index is 0.254. The second kappa shape index (κ2) is 9.43. The molecule has 4 aromatic rings. The summed E-state index contributed by atoms with van der Waals surface area (Å²) in [7, 11) is 0. The van der Waals surface area contributed by atoms with E-state index in [1.165, 1.54) is 23.3 Å². The SMILES string of the molecule is CC1=C(c2nc(-c3ccccc3)no2)C(c2ccc(C)c(C)c2)NC(=S)N1Cc1ccc(F)cc1. The topological polar surface area (TPSA) is 54.2 Å². The van der Waals surface area contributed by atoms with Gasteiger partial charge < -0.3 is 14.7 Å². The van der Waals surface area contributed by atoms with Crippen LogP contribution in [-0.4, -0.2) is 20.2 Å². The molecule has 0 bridgehead atoms. The monoisotopic (exact) mass is 484 g/mol. The maximum atomic E-state index is 13.5. The van der Waals surface area contributed by atoms with Gasteiger partial charge in [-0.05, 0) is 67.4 Å². The number of benzene rings is 3. The number of rotatable bonds is 5. The van der Waals surface area contributed by atoms with Crippen LogP contribution in [0.5, 0.6) is 0 Å². The fourth-order valence-corrected chi connectivity index (χ4v) is 4.57. The number of nitrogens with one attached hydrogen (secondary N) is 1. The largest absolute Gasteiger partial charge is 0.351 e. The van der Waals surface area contributed by atoms with Crippen molar-refractivity contribution in [1.29, 1.82) is 0 Å². The third-order valence-corrected chi connectivity index (χ3v) is 6.74. The molecule has 0 saturated heterocycles. The van der Waals surface area contributed by atoms with Gasteiger partial charge >= 0.3 is 0 Å². The minimum Gasteiger partial charge on any atom is -0.351 e. The third kappa shape index (κ3) is 4.59. The van der Waals surface area contributed by atoms with E-state index in [-0.39, 0.29) is 11.9 Å². The van der Waals surface area contributed by atoms with E-state index in [2.05, 4.69) is 42.5 Å². The molecule has 1 aliphatic heterocycles. The van der Waals surface area contributed by atoms with E-state index in [9.17, 15) is 4.39 Å². The van der Waals surface area contributed by atoms with E-state index in [1.54, 1.807) is 12.1 Å². The summed E-state index contributed by atoms with van der Waals surface area (Å²) in [5.41, 5.74) is 7.06. The van der Waals surface area contributed by atoms with Crippen molar-refractivity contribution in [1.82, 2.24) is 20.4 Å². The smallest absolute Gasteiger partial charge is 0.258 e. The first-order valence-electron chi connectivity index (χ1n) is 11.4. The van der Waals surface area contributed by atoms with Crippen LogP contribution < -0.4 is 5.32 Å². The molecule has 35 heavy (non-hydrogen) atoms. The van der Waals surface area contributed by atoms with Crippen molar-refractivity contribution < 1.29 is 8.91 Å². The molecule has 7 heteroatoms. The molecule has 0 saturated carbocycles. The first-order chi connectivity index (χ1) is 16.9. The van der Waals surface area contributed by atoms with Crippen LogP contribution >= 0.6 is 12.2 Å². The fraction of sp³-hybridized carbons (Fsp3) is 0.179. The van der Waals surface area contributed by atoms with Crippen LogP contribution in [0.3, 0.4) is 0 Å². The van der Waals surface area contributed by atoms with Gasteiger partial charge in [0.1, 0.15) is 5.82 Å². The normalized spacial score (nSPS) is 15.9. The van der Waals surface area contributed by atoms with Gasteiger partial charge in [-0.15, -0.1) is 0 Å². The highest BCUT2D eigenvalue weighted by Gasteiger charge is 2.34. The number of halogens is 1. The number of aromatic nitrogens is 2. The molecule has 0 radical (unpaired) electrons. The van der Waals surface area contributed by atoms with Gasteiger partial charge in [-0.25, -0.2) is 4.39 Å². The van der Waals surface area contributed by atoms with Gasteiger partial charge in [-0.3, -0.25) is 0 Å². The Bertz CT molecular complexity index is 1410. The highest BCUT2D eigenvalue weighted by molar-refractivity contribution is 7.80. The Morgan fingerprint density at radius 3 is 2.43 bits per heavy atom. The molecule has 1 N–H and O–H groups in total. The van der Waals surface area contributed by atoms with Crippen LogP contribution in [-0.2, 0) is 6.54 Å². The average Bonchev–Trinajstić information content (AvgIpc) is 3.34. The summed E-state index contributed by atoms with van der Waals surface area (Å²) < 4.78 is 19.3. The highest BCUT2D eigenvalue weighted by Crippen LogP contribution is 2.38. The molecule has 1 aliphatic rings. The Balaban J connectivity index is 1.60. The maximum Gasteiger partial charge on any atom is 0.258 e. The van der Waals surface area contributed by atoms with Gasteiger partial charge in [-0.1, -0.05) is 65.8 Å². The van der Waals surface area contributed by atoms with Crippen molar-refractivity contribution >= 4 is 22.9 Å². The quantitative estimate of drug-likeness (QED) is 0.333. The lowest BCUT2D eigenvalue weighted by Crippen LogP contribution is -2.45. The van der Waals surface area contributed by atoms with Gasteiger partial charge in [0, 0.05) is 17.8 Å². The van der Waals surface area contributed by atoms with Crippen LogP contribution in [0.2, 0.25) is 0 Å². The molecule has 0 fully saturated rings. The van der Waals surface area contributed by atoms with E-state index in [4.69, 9.17) is 21.7 Å². The number of aryl methyl sites for hydroxylation is 2. The van der Waals surface area contributed by atoms with Crippen LogP contribution in [0.15, 0.2) is 83.0 Å². The number of nitrogens with zero attached hydrogens (tertiary/aromatic N) is 3. The second-order valence-corrected chi connectivity index (χ2v) is 9.11. The van der Waals surface area contributed by atoms with Crippen molar-refractivity contribution in [3.8, 4) is 11.4 Å². The maximum absolute atomic E-state index is 13.5. The third-order valence-electron chi connectivity index (χ3n) is 6.40. The molecule has 1 atom stereocenters. The molecular formula is C28H25FN4OS. The molecule has 176 valence electrons. The Morgan fingerprint density at radius 2 is 1.71 bits per heavy atom. The van der Waals surface area contributed by atoms with Gasteiger partial charge in [0.15, 0.2) is 5.11 Å². The predicted molar refractivity (Wildman–Crippen MR) is 139 cm³/mol. The summed E-state index contributed by atoms with van der Waals surface area (Å²) in [4.78, 5) is 6.74. The van der Waals surface area contributed by atoms with Gasteiger partial charge in [0.05, 0.1) is 11.6 Å². The minimum atomic E-state index is -0.268. The van der Waals surface area contributed by atoms with Crippen molar-refractivity contribution in [2.24, 2.45) is 0 Å².